The van der Waals surface area contributed by atoms with Gasteiger partial charge in [-0.1, -0.05) is 23.4 Å². The summed E-state index contributed by atoms with van der Waals surface area (Å²) >= 11 is 0. The molecule has 0 unspecified atom stereocenters. The van der Waals surface area contributed by atoms with Gasteiger partial charge in [0.05, 0.1) is 11.1 Å². The molecule has 0 saturated carbocycles. The van der Waals surface area contributed by atoms with E-state index in [0.29, 0.717) is 12.5 Å². The van der Waals surface area contributed by atoms with E-state index in [1.54, 1.807) is 31.2 Å². The van der Waals surface area contributed by atoms with Gasteiger partial charge in [-0.2, -0.15) is 0 Å². The molecule has 3 aromatic rings. The van der Waals surface area contributed by atoms with Crippen LogP contribution in [0.25, 0.3) is 11.3 Å². The molecule has 172 valence electrons. The number of carbonyl (C=O) groups is 2. The normalized spacial score (nSPS) is 14.8. The van der Waals surface area contributed by atoms with Crippen LogP contribution in [0.5, 0.6) is 0 Å². The fraction of sp³-hybridized carbons (Fsp3) is 0.320. The summed E-state index contributed by atoms with van der Waals surface area (Å²) in [5.41, 5.74) is 2.58. The number of aromatic nitrogens is 1. The number of aryl methyl sites for hydroxylation is 1. The topological polar surface area (TPSA) is 95.7 Å². The lowest BCUT2D eigenvalue weighted by atomic mass is 9.96. The standard InChI is InChI=1S/C25H26FN3O4/c1-16-2-7-20(21(26)12-16)23-13-22(28-33-23)24(30)27-14-17-8-10-29(11-9-17)15-18-3-5-19(6-4-18)25(31)32/h2-7,12-13,17H,8-11,14-15H2,1H3,(H,27,30)(H,31,32). The van der Waals surface area contributed by atoms with E-state index in [1.807, 2.05) is 12.1 Å². The van der Waals surface area contributed by atoms with Crippen LogP contribution in [-0.2, 0) is 6.54 Å². The molecule has 33 heavy (non-hydrogen) atoms. The van der Waals surface area contributed by atoms with Crippen LogP contribution < -0.4 is 5.32 Å². The second-order valence-electron chi connectivity index (χ2n) is 8.49. The maximum atomic E-state index is 14.1. The van der Waals surface area contributed by atoms with Gasteiger partial charge in [0.25, 0.3) is 5.91 Å². The van der Waals surface area contributed by atoms with Gasteiger partial charge in [0.1, 0.15) is 5.82 Å². The Hall–Kier alpha value is -3.52. The van der Waals surface area contributed by atoms with E-state index in [4.69, 9.17) is 9.63 Å². The molecule has 1 fully saturated rings. The van der Waals surface area contributed by atoms with E-state index < -0.39 is 11.8 Å². The second-order valence-corrected chi connectivity index (χ2v) is 8.49. The predicted octanol–water partition coefficient (Wildman–Crippen LogP) is 4.13. The van der Waals surface area contributed by atoms with Crippen molar-refractivity contribution in [2.75, 3.05) is 19.6 Å². The van der Waals surface area contributed by atoms with Gasteiger partial charge in [-0.05, 0) is 74.2 Å². The van der Waals surface area contributed by atoms with Gasteiger partial charge in [0.15, 0.2) is 11.5 Å². The van der Waals surface area contributed by atoms with Crippen LogP contribution in [0.15, 0.2) is 53.1 Å². The third-order valence-electron chi connectivity index (χ3n) is 6.00. The largest absolute Gasteiger partial charge is 0.478 e. The number of likely N-dealkylation sites (tertiary alicyclic amines) is 1. The highest BCUT2D eigenvalue weighted by molar-refractivity contribution is 5.93. The first kappa shape index (κ1) is 22.7. The van der Waals surface area contributed by atoms with Crippen LogP contribution in [0.1, 0.15) is 44.8 Å². The fourth-order valence-electron chi connectivity index (χ4n) is 4.02. The summed E-state index contributed by atoms with van der Waals surface area (Å²) in [7, 11) is 0. The molecular weight excluding hydrogens is 425 g/mol. The summed E-state index contributed by atoms with van der Waals surface area (Å²) in [5.74, 6) is -1.09. The van der Waals surface area contributed by atoms with Crippen LogP contribution in [-0.4, -0.2) is 46.7 Å². The van der Waals surface area contributed by atoms with E-state index in [0.717, 1.165) is 43.6 Å². The molecular formula is C25H26FN3O4. The SMILES string of the molecule is Cc1ccc(-c2cc(C(=O)NCC3CCN(Cc4ccc(C(=O)O)cc4)CC3)no2)c(F)c1. The molecule has 0 aliphatic carbocycles. The molecule has 0 bridgehead atoms. The van der Waals surface area contributed by atoms with Gasteiger partial charge in [-0.3, -0.25) is 9.69 Å². The highest BCUT2D eigenvalue weighted by Crippen LogP contribution is 2.24. The minimum atomic E-state index is -0.923. The van der Waals surface area contributed by atoms with Crippen molar-refractivity contribution in [2.45, 2.75) is 26.3 Å². The molecule has 1 aliphatic heterocycles. The Labute approximate surface area is 191 Å². The zero-order valence-electron chi connectivity index (χ0n) is 18.4. The number of carboxylic acids is 1. The molecule has 1 amide bonds. The third-order valence-corrected chi connectivity index (χ3v) is 6.00. The van der Waals surface area contributed by atoms with E-state index in [9.17, 15) is 14.0 Å². The number of hydrogen-bond acceptors (Lipinski definition) is 5. The lowest BCUT2D eigenvalue weighted by molar-refractivity contribution is 0.0696. The van der Waals surface area contributed by atoms with E-state index in [-0.39, 0.29) is 28.5 Å². The first-order valence-corrected chi connectivity index (χ1v) is 10.9. The number of aromatic carboxylic acids is 1. The van der Waals surface area contributed by atoms with Crippen molar-refractivity contribution in [3.8, 4) is 11.3 Å². The molecule has 2 heterocycles. The van der Waals surface area contributed by atoms with Crippen LogP contribution in [0, 0.1) is 18.7 Å². The summed E-state index contributed by atoms with van der Waals surface area (Å²) < 4.78 is 19.3. The molecule has 0 spiro atoms. The third kappa shape index (κ3) is 5.64. The van der Waals surface area contributed by atoms with Crippen LogP contribution in [0.4, 0.5) is 4.39 Å². The zero-order chi connectivity index (χ0) is 23.4. The number of nitrogens with zero attached hydrogens (tertiary/aromatic N) is 2. The molecule has 0 radical (unpaired) electrons. The zero-order valence-corrected chi connectivity index (χ0v) is 18.4. The molecule has 4 rings (SSSR count). The summed E-state index contributed by atoms with van der Waals surface area (Å²) in [6.07, 6.45) is 1.90. The lowest BCUT2D eigenvalue weighted by Crippen LogP contribution is -2.38. The number of halogens is 1. The predicted molar refractivity (Wildman–Crippen MR) is 120 cm³/mol. The first-order valence-electron chi connectivity index (χ1n) is 10.9. The summed E-state index contributed by atoms with van der Waals surface area (Å²) in [4.78, 5) is 25.8. The number of piperidine rings is 1. The Bertz CT molecular complexity index is 1130. The lowest BCUT2D eigenvalue weighted by Gasteiger charge is -2.32. The number of carbonyl (C=O) groups excluding carboxylic acids is 1. The molecule has 1 aliphatic rings. The number of amides is 1. The van der Waals surface area contributed by atoms with E-state index in [2.05, 4.69) is 15.4 Å². The maximum absolute atomic E-state index is 14.1. The Balaban J connectivity index is 1.24. The average Bonchev–Trinajstić information content (AvgIpc) is 3.29. The average molecular weight is 451 g/mol. The fourth-order valence-corrected chi connectivity index (χ4v) is 4.02. The van der Waals surface area contributed by atoms with Gasteiger partial charge >= 0.3 is 5.97 Å². The van der Waals surface area contributed by atoms with Gasteiger partial charge in [0.2, 0.25) is 0 Å². The smallest absolute Gasteiger partial charge is 0.335 e. The van der Waals surface area contributed by atoms with Crippen LogP contribution in [0.3, 0.4) is 0 Å². The summed E-state index contributed by atoms with van der Waals surface area (Å²) in [6, 6.07) is 13.2. The van der Waals surface area contributed by atoms with Gasteiger partial charge < -0.3 is 14.9 Å². The number of hydrogen-bond donors (Lipinski definition) is 2. The Kier molecular flexibility index (Phi) is 6.84. The van der Waals surface area contributed by atoms with Crippen molar-refractivity contribution in [3.05, 3.63) is 76.7 Å². The van der Waals surface area contributed by atoms with E-state index in [1.165, 1.54) is 12.1 Å². The Morgan fingerprint density at radius 1 is 1.15 bits per heavy atom. The number of benzene rings is 2. The minimum absolute atomic E-state index is 0.132. The number of rotatable bonds is 7. The molecule has 1 aromatic heterocycles. The molecule has 2 aromatic carbocycles. The van der Waals surface area contributed by atoms with Crippen molar-refractivity contribution >= 4 is 11.9 Å². The molecule has 0 atom stereocenters. The highest BCUT2D eigenvalue weighted by atomic mass is 19.1. The summed E-state index contributed by atoms with van der Waals surface area (Å²) in [5, 5.41) is 15.7. The van der Waals surface area contributed by atoms with Crippen LogP contribution >= 0.6 is 0 Å². The van der Waals surface area contributed by atoms with Crippen molar-refractivity contribution < 1.29 is 23.6 Å². The van der Waals surface area contributed by atoms with Crippen molar-refractivity contribution in [1.29, 1.82) is 0 Å². The van der Waals surface area contributed by atoms with Gasteiger partial charge in [0, 0.05) is 19.2 Å². The van der Waals surface area contributed by atoms with Gasteiger partial charge in [-0.15, -0.1) is 0 Å². The van der Waals surface area contributed by atoms with E-state index >= 15 is 0 Å². The second kappa shape index (κ2) is 9.95. The number of nitrogens with one attached hydrogen (secondary N) is 1. The molecule has 2 N–H and O–H groups in total. The minimum Gasteiger partial charge on any atom is -0.478 e. The molecule has 8 heteroatoms. The quantitative estimate of drug-likeness (QED) is 0.561. The monoisotopic (exact) mass is 451 g/mol. The van der Waals surface area contributed by atoms with Gasteiger partial charge in [-0.25, -0.2) is 9.18 Å². The van der Waals surface area contributed by atoms with Crippen LogP contribution in [0.2, 0.25) is 0 Å². The highest BCUT2D eigenvalue weighted by Gasteiger charge is 2.21. The molecule has 1 saturated heterocycles. The van der Waals surface area contributed by atoms with Crippen molar-refractivity contribution in [1.82, 2.24) is 15.4 Å². The van der Waals surface area contributed by atoms with Crippen molar-refractivity contribution in [2.24, 2.45) is 5.92 Å². The summed E-state index contributed by atoms with van der Waals surface area (Å²) in [6.45, 7) is 4.93. The first-order chi connectivity index (χ1) is 15.9. The number of carboxylic acid groups (broad SMARTS) is 1. The maximum Gasteiger partial charge on any atom is 0.335 e. The molecule has 7 nitrogen and oxygen atoms in total. The van der Waals surface area contributed by atoms with Crippen molar-refractivity contribution in [3.63, 3.8) is 0 Å². The Morgan fingerprint density at radius 2 is 1.88 bits per heavy atom. The Morgan fingerprint density at radius 3 is 2.55 bits per heavy atom.